The Morgan fingerprint density at radius 3 is 2.92 bits per heavy atom. The number of hydrogen-bond acceptors (Lipinski definition) is 4. The zero-order valence-electron chi connectivity index (χ0n) is 14.2. The molecule has 1 aromatic carbocycles. The molecule has 3 N–H and O–H groups in total. The molecule has 0 bridgehead atoms. The topological polar surface area (TPSA) is 84.7 Å². The van der Waals surface area contributed by atoms with Crippen LogP contribution in [0.5, 0.6) is 5.75 Å². The van der Waals surface area contributed by atoms with Crippen molar-refractivity contribution in [1.82, 2.24) is 10.2 Å². The van der Waals surface area contributed by atoms with Crippen LogP contribution >= 0.6 is 12.4 Å². The Morgan fingerprint density at radius 2 is 2.24 bits per heavy atom. The Balaban J connectivity index is 0.00000312. The number of nitrogens with two attached hydrogens (primary N) is 1. The molecule has 2 atom stereocenters. The van der Waals surface area contributed by atoms with Crippen molar-refractivity contribution in [2.75, 3.05) is 26.2 Å². The van der Waals surface area contributed by atoms with Crippen LogP contribution < -0.4 is 15.8 Å². The van der Waals surface area contributed by atoms with Gasteiger partial charge in [-0.2, -0.15) is 0 Å². The molecule has 2 amide bonds. The quantitative estimate of drug-likeness (QED) is 0.787. The number of nitrogens with zero attached hydrogens (tertiary/aromatic N) is 1. The SMILES string of the molecule is CC(Oc1cccc(F)c1)C(=O)N1CCCC(C(=O)NCCN)C1.Cl. The molecule has 25 heavy (non-hydrogen) atoms. The number of hydrogen-bond donors (Lipinski definition) is 2. The average Bonchev–Trinajstić information content (AvgIpc) is 2.59. The van der Waals surface area contributed by atoms with Gasteiger partial charge in [-0.25, -0.2) is 4.39 Å². The second-order valence-corrected chi connectivity index (χ2v) is 5.92. The highest BCUT2D eigenvalue weighted by molar-refractivity contribution is 5.85. The molecular formula is C17H25ClFN3O3. The molecule has 0 spiro atoms. The average molecular weight is 374 g/mol. The normalized spacial score (nSPS) is 18.0. The van der Waals surface area contributed by atoms with Gasteiger partial charge in [0.15, 0.2) is 6.10 Å². The molecule has 0 saturated carbocycles. The lowest BCUT2D eigenvalue weighted by Crippen LogP contribution is -2.49. The second kappa shape index (κ2) is 10.2. The Bertz CT molecular complexity index is 588. The summed E-state index contributed by atoms with van der Waals surface area (Å²) in [6.07, 6.45) is 0.774. The highest BCUT2D eigenvalue weighted by atomic mass is 35.5. The second-order valence-electron chi connectivity index (χ2n) is 5.92. The van der Waals surface area contributed by atoms with Crippen molar-refractivity contribution in [3.8, 4) is 5.75 Å². The van der Waals surface area contributed by atoms with Crippen molar-refractivity contribution >= 4 is 24.2 Å². The first-order valence-corrected chi connectivity index (χ1v) is 8.20. The summed E-state index contributed by atoms with van der Waals surface area (Å²) in [5.74, 6) is -0.602. The van der Waals surface area contributed by atoms with Gasteiger partial charge < -0.3 is 20.7 Å². The molecule has 0 aromatic heterocycles. The Hall–Kier alpha value is -1.86. The molecule has 140 valence electrons. The van der Waals surface area contributed by atoms with Gasteiger partial charge in [0, 0.05) is 32.2 Å². The van der Waals surface area contributed by atoms with Crippen LogP contribution in [-0.4, -0.2) is 49.0 Å². The van der Waals surface area contributed by atoms with Crippen LogP contribution in [0.25, 0.3) is 0 Å². The van der Waals surface area contributed by atoms with Crippen molar-refractivity contribution in [3.05, 3.63) is 30.1 Å². The molecule has 1 aromatic rings. The number of nitrogens with one attached hydrogen (secondary N) is 1. The molecule has 1 heterocycles. The van der Waals surface area contributed by atoms with E-state index in [0.29, 0.717) is 31.9 Å². The molecule has 2 unspecified atom stereocenters. The fourth-order valence-electron chi connectivity index (χ4n) is 2.78. The van der Waals surface area contributed by atoms with Gasteiger partial charge in [-0.15, -0.1) is 12.4 Å². The van der Waals surface area contributed by atoms with Crippen LogP contribution in [0.1, 0.15) is 19.8 Å². The minimum absolute atomic E-state index is 0. The largest absolute Gasteiger partial charge is 0.481 e. The number of rotatable bonds is 6. The van der Waals surface area contributed by atoms with E-state index in [2.05, 4.69) is 5.32 Å². The van der Waals surface area contributed by atoms with Gasteiger partial charge in [0.05, 0.1) is 5.92 Å². The van der Waals surface area contributed by atoms with Crippen LogP contribution in [-0.2, 0) is 9.59 Å². The smallest absolute Gasteiger partial charge is 0.263 e. The summed E-state index contributed by atoms with van der Waals surface area (Å²) in [4.78, 5) is 26.2. The van der Waals surface area contributed by atoms with Crippen LogP contribution in [0.15, 0.2) is 24.3 Å². The molecule has 1 saturated heterocycles. The number of carbonyl (C=O) groups is 2. The molecule has 1 fully saturated rings. The van der Waals surface area contributed by atoms with Gasteiger partial charge in [-0.05, 0) is 31.9 Å². The van der Waals surface area contributed by atoms with Crippen LogP contribution in [0.4, 0.5) is 4.39 Å². The van der Waals surface area contributed by atoms with Gasteiger partial charge in [-0.1, -0.05) is 6.07 Å². The number of halogens is 2. The zero-order chi connectivity index (χ0) is 17.5. The lowest BCUT2D eigenvalue weighted by atomic mass is 9.96. The van der Waals surface area contributed by atoms with E-state index in [-0.39, 0.29) is 30.1 Å². The van der Waals surface area contributed by atoms with Gasteiger partial charge in [0.1, 0.15) is 11.6 Å². The number of piperidine rings is 1. The maximum Gasteiger partial charge on any atom is 0.263 e. The van der Waals surface area contributed by atoms with Crippen molar-refractivity contribution < 1.29 is 18.7 Å². The first-order valence-electron chi connectivity index (χ1n) is 8.20. The van der Waals surface area contributed by atoms with Crippen molar-refractivity contribution in [3.63, 3.8) is 0 Å². The summed E-state index contributed by atoms with van der Waals surface area (Å²) in [7, 11) is 0. The third kappa shape index (κ3) is 6.17. The molecule has 0 aliphatic carbocycles. The van der Waals surface area contributed by atoms with E-state index >= 15 is 0 Å². The predicted octanol–water partition coefficient (Wildman–Crippen LogP) is 1.33. The van der Waals surface area contributed by atoms with E-state index < -0.39 is 11.9 Å². The standard InChI is InChI=1S/C17H24FN3O3.ClH/c1-12(24-15-6-2-5-14(18)10-15)17(23)21-9-3-4-13(11-21)16(22)20-8-7-19;/h2,5-6,10,12-13H,3-4,7-9,11,19H2,1H3,(H,20,22);1H. The number of carbonyl (C=O) groups excluding carboxylic acids is 2. The first-order chi connectivity index (χ1) is 11.5. The van der Waals surface area contributed by atoms with E-state index in [4.69, 9.17) is 10.5 Å². The third-order valence-corrected chi connectivity index (χ3v) is 4.00. The minimum Gasteiger partial charge on any atom is -0.481 e. The van der Waals surface area contributed by atoms with E-state index in [0.717, 1.165) is 12.8 Å². The molecule has 8 heteroatoms. The first kappa shape index (κ1) is 21.2. The fraction of sp³-hybridized carbons (Fsp3) is 0.529. The van der Waals surface area contributed by atoms with Crippen molar-refractivity contribution in [1.29, 1.82) is 0 Å². The van der Waals surface area contributed by atoms with Crippen LogP contribution in [0.2, 0.25) is 0 Å². The lowest BCUT2D eigenvalue weighted by molar-refractivity contribution is -0.141. The van der Waals surface area contributed by atoms with Crippen molar-refractivity contribution in [2.45, 2.75) is 25.9 Å². The highest BCUT2D eigenvalue weighted by Gasteiger charge is 2.31. The number of benzene rings is 1. The molecule has 0 radical (unpaired) electrons. The monoisotopic (exact) mass is 373 g/mol. The summed E-state index contributed by atoms with van der Waals surface area (Å²) in [5.41, 5.74) is 5.38. The maximum atomic E-state index is 13.2. The summed E-state index contributed by atoms with van der Waals surface area (Å²) < 4.78 is 18.7. The predicted molar refractivity (Wildman–Crippen MR) is 95.1 cm³/mol. The Kier molecular flexibility index (Phi) is 8.65. The molecule has 1 aliphatic heterocycles. The number of ether oxygens (including phenoxy) is 1. The third-order valence-electron chi connectivity index (χ3n) is 4.00. The molecular weight excluding hydrogens is 349 g/mol. The Labute approximate surface area is 153 Å². The van der Waals surface area contributed by atoms with Crippen LogP contribution in [0, 0.1) is 11.7 Å². The van der Waals surface area contributed by atoms with Gasteiger partial charge in [0.25, 0.3) is 5.91 Å². The van der Waals surface area contributed by atoms with Gasteiger partial charge in [0.2, 0.25) is 5.91 Å². The van der Waals surface area contributed by atoms with E-state index in [1.165, 1.54) is 18.2 Å². The minimum atomic E-state index is -0.738. The van der Waals surface area contributed by atoms with E-state index in [9.17, 15) is 14.0 Å². The lowest BCUT2D eigenvalue weighted by Gasteiger charge is -2.33. The van der Waals surface area contributed by atoms with Gasteiger partial charge >= 0.3 is 0 Å². The molecule has 6 nitrogen and oxygen atoms in total. The molecule has 1 aliphatic rings. The van der Waals surface area contributed by atoms with E-state index in [1.807, 2.05) is 0 Å². The summed E-state index contributed by atoms with van der Waals surface area (Å²) >= 11 is 0. The zero-order valence-corrected chi connectivity index (χ0v) is 15.1. The number of likely N-dealkylation sites (tertiary alicyclic amines) is 1. The Morgan fingerprint density at radius 1 is 1.48 bits per heavy atom. The fourth-order valence-corrected chi connectivity index (χ4v) is 2.78. The summed E-state index contributed by atoms with van der Waals surface area (Å²) in [6, 6.07) is 5.68. The van der Waals surface area contributed by atoms with Crippen molar-refractivity contribution in [2.24, 2.45) is 11.7 Å². The van der Waals surface area contributed by atoms with Crippen LogP contribution in [0.3, 0.4) is 0 Å². The number of amides is 2. The maximum absolute atomic E-state index is 13.2. The van der Waals surface area contributed by atoms with Gasteiger partial charge in [-0.3, -0.25) is 9.59 Å². The summed E-state index contributed by atoms with van der Waals surface area (Å²) in [6.45, 7) is 3.41. The summed E-state index contributed by atoms with van der Waals surface area (Å²) in [5, 5.41) is 2.76. The highest BCUT2D eigenvalue weighted by Crippen LogP contribution is 2.19. The molecule has 2 rings (SSSR count). The van der Waals surface area contributed by atoms with E-state index in [1.54, 1.807) is 17.9 Å².